The van der Waals surface area contributed by atoms with Crippen LogP contribution in [-0.4, -0.2) is 74.0 Å². The van der Waals surface area contributed by atoms with Crippen LogP contribution in [0.3, 0.4) is 0 Å². The van der Waals surface area contributed by atoms with E-state index in [0.29, 0.717) is 37.7 Å². The second kappa shape index (κ2) is 18.7. The summed E-state index contributed by atoms with van der Waals surface area (Å²) in [6.07, 6.45) is 14.9. The summed E-state index contributed by atoms with van der Waals surface area (Å²) in [6, 6.07) is 0. The molecule has 262 valence electrons. The number of allylic oxidation sites excluding steroid dienone is 4. The molecule has 2 aliphatic rings. The molecular weight excluding hydrogens is 608 g/mol. The van der Waals surface area contributed by atoms with Gasteiger partial charge in [0.15, 0.2) is 5.79 Å². The maximum atomic E-state index is 12.9. The van der Waals surface area contributed by atoms with E-state index in [0.717, 1.165) is 37.0 Å². The van der Waals surface area contributed by atoms with E-state index >= 15 is 0 Å². The Hall–Kier alpha value is -3.54. The third-order valence-electron chi connectivity index (χ3n) is 8.78. The van der Waals surface area contributed by atoms with Crippen molar-refractivity contribution in [2.45, 2.75) is 129 Å². The van der Waals surface area contributed by atoms with Gasteiger partial charge in [0.2, 0.25) is 0 Å². The second-order valence-electron chi connectivity index (χ2n) is 12.8. The zero-order valence-corrected chi connectivity index (χ0v) is 28.2. The number of hydrogen-bond acceptors (Lipinski definition) is 8. The van der Waals surface area contributed by atoms with Gasteiger partial charge in [-0.2, -0.15) is 0 Å². The summed E-state index contributed by atoms with van der Waals surface area (Å²) in [5.41, 5.74) is 0.314. The summed E-state index contributed by atoms with van der Waals surface area (Å²) >= 11 is 0. The molecule has 0 aromatic rings. The van der Waals surface area contributed by atoms with Crippen LogP contribution < -0.4 is 0 Å². The molecule has 7 atom stereocenters. The van der Waals surface area contributed by atoms with Gasteiger partial charge in [-0.3, -0.25) is 9.59 Å². The van der Waals surface area contributed by atoms with Gasteiger partial charge >= 0.3 is 23.9 Å². The van der Waals surface area contributed by atoms with Crippen molar-refractivity contribution in [3.05, 3.63) is 59.8 Å². The molecule has 2 fully saturated rings. The van der Waals surface area contributed by atoms with Crippen LogP contribution in [-0.2, 0) is 33.4 Å². The number of aliphatic hydroxyl groups excluding tert-OH is 1. The second-order valence-corrected chi connectivity index (χ2v) is 12.8. The first-order valence-electron chi connectivity index (χ1n) is 16.4. The maximum Gasteiger partial charge on any atom is 0.328 e. The number of carboxylic acids is 3. The van der Waals surface area contributed by atoms with Crippen LogP contribution in [0.1, 0.15) is 98.8 Å². The lowest BCUT2D eigenvalue weighted by Gasteiger charge is -2.53. The standard InChI is InChI=1S/C36H52O11/c1-6-7-19-35(47-34(44)17-16-32(40)41)21-22-36(46-30(35)14-10-25(3)23-33(42)43)20-18-27(5)29(45-36)13-9-24(2)8-12-28(37)26(4)11-15-31(38)39/h8-12,14-15,23,26-30,37H,6-7,13,16-22H2,1-5H3,(H,38,39)(H,40,41)(H,42,43)/b12-8+,14-10+,15-11+,24-9+,25-23+/t26-,27-,28-,29+,30-,35+,36+/m0/s1. The lowest BCUT2D eigenvalue weighted by Crippen LogP contribution is -2.59. The van der Waals surface area contributed by atoms with Crippen molar-refractivity contribution in [1.29, 1.82) is 0 Å². The monoisotopic (exact) mass is 660 g/mol. The smallest absolute Gasteiger partial charge is 0.328 e. The fourth-order valence-electron chi connectivity index (χ4n) is 5.81. The lowest BCUT2D eigenvalue weighted by molar-refractivity contribution is -0.344. The summed E-state index contributed by atoms with van der Waals surface area (Å²) in [6.45, 7) is 9.44. The van der Waals surface area contributed by atoms with Gasteiger partial charge in [-0.1, -0.05) is 69.2 Å². The van der Waals surface area contributed by atoms with E-state index in [9.17, 15) is 29.4 Å². The van der Waals surface area contributed by atoms with E-state index in [1.165, 1.54) is 6.08 Å². The highest BCUT2D eigenvalue weighted by Gasteiger charge is 2.54. The SMILES string of the molecule is CCCC[C@@]1(OC(=O)CCC(=O)O)CC[C@@]2(CC[C@H](C)[C@@H](C/C=C(C)/C=C/[C@H](O)[C@@H](C)/C=C/C(=O)O)O2)O[C@H]1/C=C/C(C)=C/C(=O)O. The minimum Gasteiger partial charge on any atom is -0.481 e. The molecule has 0 bridgehead atoms. The first-order valence-corrected chi connectivity index (χ1v) is 16.4. The number of carbonyl (C=O) groups is 4. The first-order chi connectivity index (χ1) is 22.1. The third-order valence-corrected chi connectivity index (χ3v) is 8.78. The van der Waals surface area contributed by atoms with Crippen molar-refractivity contribution in [3.8, 4) is 0 Å². The number of carbonyl (C=O) groups excluding carboxylic acids is 1. The number of unbranched alkanes of at least 4 members (excludes halogenated alkanes) is 1. The van der Waals surface area contributed by atoms with Crippen molar-refractivity contribution in [1.82, 2.24) is 0 Å². The van der Waals surface area contributed by atoms with Crippen LogP contribution in [0.15, 0.2) is 59.8 Å². The number of rotatable bonds is 17. The Labute approximate surface area is 277 Å². The van der Waals surface area contributed by atoms with E-state index in [-0.39, 0.29) is 30.8 Å². The van der Waals surface area contributed by atoms with E-state index in [1.54, 1.807) is 38.2 Å². The number of aliphatic carboxylic acids is 3. The van der Waals surface area contributed by atoms with E-state index in [2.05, 4.69) is 6.92 Å². The molecule has 2 saturated heterocycles. The predicted molar refractivity (Wildman–Crippen MR) is 175 cm³/mol. The Kier molecular flexibility index (Phi) is 15.8. The molecule has 11 heteroatoms. The van der Waals surface area contributed by atoms with Gasteiger partial charge in [0, 0.05) is 30.9 Å². The predicted octanol–water partition coefficient (Wildman–Crippen LogP) is 6.13. The van der Waals surface area contributed by atoms with Crippen LogP contribution in [0, 0.1) is 11.8 Å². The molecule has 0 radical (unpaired) electrons. The summed E-state index contributed by atoms with van der Waals surface area (Å²) < 4.78 is 19.5. The largest absolute Gasteiger partial charge is 0.481 e. The molecule has 0 aromatic heterocycles. The fraction of sp³-hybridized carbons (Fsp3) is 0.611. The Morgan fingerprint density at radius 2 is 1.66 bits per heavy atom. The van der Waals surface area contributed by atoms with Crippen LogP contribution in [0.2, 0.25) is 0 Å². The number of esters is 1. The molecule has 1 spiro atoms. The summed E-state index contributed by atoms with van der Waals surface area (Å²) in [7, 11) is 0. The van der Waals surface area contributed by atoms with Gasteiger partial charge in [-0.25, -0.2) is 9.59 Å². The first kappa shape index (κ1) is 39.6. The Balaban J connectivity index is 2.31. The topological polar surface area (TPSA) is 177 Å². The number of aliphatic hydroxyl groups is 1. The highest BCUT2D eigenvalue weighted by molar-refractivity contribution is 5.81. The minimum atomic E-state index is -1.09. The highest BCUT2D eigenvalue weighted by Crippen LogP contribution is 2.48. The highest BCUT2D eigenvalue weighted by atomic mass is 16.7. The molecule has 0 unspecified atom stereocenters. The van der Waals surface area contributed by atoms with Gasteiger partial charge in [0.05, 0.1) is 25.0 Å². The van der Waals surface area contributed by atoms with Gasteiger partial charge < -0.3 is 34.6 Å². The van der Waals surface area contributed by atoms with Crippen LogP contribution in [0.25, 0.3) is 0 Å². The Morgan fingerprint density at radius 3 is 2.30 bits per heavy atom. The quantitative estimate of drug-likeness (QED) is 0.0802. The molecule has 0 amide bonds. The zero-order chi connectivity index (χ0) is 35.2. The van der Waals surface area contributed by atoms with Crippen LogP contribution >= 0.6 is 0 Å². The maximum absolute atomic E-state index is 12.9. The van der Waals surface area contributed by atoms with Crippen molar-refractivity contribution in [3.63, 3.8) is 0 Å². The van der Waals surface area contributed by atoms with Gasteiger partial charge in [0.25, 0.3) is 0 Å². The molecule has 0 saturated carbocycles. The van der Waals surface area contributed by atoms with Crippen LogP contribution in [0.4, 0.5) is 0 Å². The number of hydrogen-bond donors (Lipinski definition) is 4. The van der Waals surface area contributed by atoms with Gasteiger partial charge in [-0.15, -0.1) is 0 Å². The Bertz CT molecular complexity index is 1250. The molecule has 2 heterocycles. The summed E-state index contributed by atoms with van der Waals surface area (Å²) in [4.78, 5) is 46.0. The lowest BCUT2D eigenvalue weighted by atomic mass is 9.78. The number of carboxylic acid groups (broad SMARTS) is 3. The molecule has 2 aliphatic heterocycles. The Morgan fingerprint density at radius 1 is 0.936 bits per heavy atom. The van der Waals surface area contributed by atoms with Crippen molar-refractivity contribution in [2.24, 2.45) is 11.8 Å². The average Bonchev–Trinajstić information content (AvgIpc) is 3.01. The zero-order valence-electron chi connectivity index (χ0n) is 28.2. The molecule has 4 N–H and O–H groups in total. The van der Waals surface area contributed by atoms with Crippen molar-refractivity contribution in [2.75, 3.05) is 0 Å². The molecule has 11 nitrogen and oxygen atoms in total. The average molecular weight is 661 g/mol. The molecule has 2 rings (SSSR count). The van der Waals surface area contributed by atoms with Crippen molar-refractivity contribution >= 4 is 23.9 Å². The third kappa shape index (κ3) is 13.2. The number of ether oxygens (including phenoxy) is 3. The minimum absolute atomic E-state index is 0.186. The normalized spacial score (nSPS) is 28.6. The van der Waals surface area contributed by atoms with E-state index in [4.69, 9.17) is 24.4 Å². The fourth-order valence-corrected chi connectivity index (χ4v) is 5.81. The molecule has 0 aliphatic carbocycles. The van der Waals surface area contributed by atoms with Gasteiger partial charge in [-0.05, 0) is 57.4 Å². The summed E-state index contributed by atoms with van der Waals surface area (Å²) in [5.74, 6) is -4.98. The molecule has 47 heavy (non-hydrogen) atoms. The summed E-state index contributed by atoms with van der Waals surface area (Å²) in [5, 5.41) is 37.5. The molecular formula is C36H52O11. The molecule has 0 aromatic carbocycles. The van der Waals surface area contributed by atoms with E-state index in [1.807, 2.05) is 19.9 Å². The van der Waals surface area contributed by atoms with Crippen LogP contribution in [0.5, 0.6) is 0 Å². The van der Waals surface area contributed by atoms with E-state index < -0.39 is 47.5 Å². The van der Waals surface area contributed by atoms with Gasteiger partial charge in [0.1, 0.15) is 11.7 Å². The van der Waals surface area contributed by atoms with Crippen molar-refractivity contribution < 1.29 is 53.8 Å².